The van der Waals surface area contributed by atoms with Crippen LogP contribution < -0.4 is 10.1 Å². The zero-order chi connectivity index (χ0) is 18.6. The number of anilines is 1. The summed E-state index contributed by atoms with van der Waals surface area (Å²) in [4.78, 5) is 22.7. The van der Waals surface area contributed by atoms with Gasteiger partial charge in [-0.15, -0.1) is 0 Å². The lowest BCUT2D eigenvalue weighted by atomic mass is 9.86. The van der Waals surface area contributed by atoms with Crippen molar-refractivity contribution in [2.75, 3.05) is 11.9 Å². The number of amides is 1. The number of ether oxygens (including phenoxy) is 1. The lowest BCUT2D eigenvalue weighted by molar-refractivity contribution is -0.385. The molecule has 2 aromatic rings. The second-order valence-electron chi connectivity index (χ2n) is 6.79. The number of carbonyl (C=O) groups excluding carboxylic acids is 1. The van der Waals surface area contributed by atoms with E-state index in [-0.39, 0.29) is 23.6 Å². The molecule has 6 heteroatoms. The molecule has 0 aliphatic rings. The summed E-state index contributed by atoms with van der Waals surface area (Å²) in [5.74, 6) is 0.285. The number of carbonyl (C=O) groups is 1. The van der Waals surface area contributed by atoms with E-state index in [1.54, 1.807) is 13.0 Å². The number of hydrogen-bond donors (Lipinski definition) is 1. The molecule has 0 fully saturated rings. The maximum atomic E-state index is 12.2. The van der Waals surface area contributed by atoms with Crippen LogP contribution in [0.1, 0.15) is 31.9 Å². The molecular formula is C19H22N2O4. The Morgan fingerprint density at radius 1 is 1.16 bits per heavy atom. The Kier molecular flexibility index (Phi) is 5.41. The first-order valence-electron chi connectivity index (χ1n) is 7.96. The van der Waals surface area contributed by atoms with Crippen LogP contribution in [0.4, 0.5) is 11.4 Å². The van der Waals surface area contributed by atoms with Gasteiger partial charge < -0.3 is 10.1 Å². The van der Waals surface area contributed by atoms with Gasteiger partial charge in [-0.3, -0.25) is 14.9 Å². The summed E-state index contributed by atoms with van der Waals surface area (Å²) < 4.78 is 5.67. The van der Waals surface area contributed by atoms with Gasteiger partial charge in [0.1, 0.15) is 5.75 Å². The molecule has 0 spiro atoms. The molecule has 2 rings (SSSR count). The van der Waals surface area contributed by atoms with E-state index in [2.05, 4.69) is 26.1 Å². The van der Waals surface area contributed by atoms with E-state index < -0.39 is 4.92 Å². The monoisotopic (exact) mass is 342 g/mol. The van der Waals surface area contributed by atoms with Crippen LogP contribution in [0, 0.1) is 17.0 Å². The van der Waals surface area contributed by atoms with Gasteiger partial charge in [-0.25, -0.2) is 0 Å². The molecule has 0 unspecified atom stereocenters. The quantitative estimate of drug-likeness (QED) is 0.651. The Morgan fingerprint density at radius 2 is 1.84 bits per heavy atom. The molecule has 2 aromatic carbocycles. The van der Waals surface area contributed by atoms with E-state index in [0.29, 0.717) is 17.0 Å². The van der Waals surface area contributed by atoms with Crippen LogP contribution in [-0.4, -0.2) is 17.4 Å². The first-order valence-corrected chi connectivity index (χ1v) is 7.96. The maximum Gasteiger partial charge on any atom is 0.274 e. The normalized spacial score (nSPS) is 11.0. The number of benzene rings is 2. The van der Waals surface area contributed by atoms with E-state index in [4.69, 9.17) is 4.74 Å². The summed E-state index contributed by atoms with van der Waals surface area (Å²) in [6.45, 7) is 7.64. The largest absolute Gasteiger partial charge is 0.483 e. The average Bonchev–Trinajstić information content (AvgIpc) is 2.54. The standard InChI is InChI=1S/C19H22N2O4/c1-13-15(9-7-10-16(13)21(23)24)20-18(22)12-25-17-11-6-5-8-14(17)19(2,3)4/h5-11H,12H2,1-4H3,(H,20,22). The van der Waals surface area contributed by atoms with Gasteiger partial charge in [0, 0.05) is 6.07 Å². The van der Waals surface area contributed by atoms with E-state index in [1.807, 2.05) is 24.3 Å². The molecule has 6 nitrogen and oxygen atoms in total. The van der Waals surface area contributed by atoms with Gasteiger partial charge in [0.05, 0.1) is 16.2 Å². The molecule has 0 bridgehead atoms. The van der Waals surface area contributed by atoms with Crippen molar-refractivity contribution < 1.29 is 14.5 Å². The molecule has 25 heavy (non-hydrogen) atoms. The fourth-order valence-electron chi connectivity index (χ4n) is 2.50. The molecule has 0 saturated carbocycles. The van der Waals surface area contributed by atoms with Crippen molar-refractivity contribution in [3.8, 4) is 5.75 Å². The molecule has 0 radical (unpaired) electrons. The van der Waals surface area contributed by atoms with Crippen LogP contribution in [0.15, 0.2) is 42.5 Å². The molecule has 0 heterocycles. The maximum absolute atomic E-state index is 12.2. The number of rotatable bonds is 5. The zero-order valence-electron chi connectivity index (χ0n) is 14.8. The summed E-state index contributed by atoms with van der Waals surface area (Å²) >= 11 is 0. The highest BCUT2D eigenvalue weighted by Crippen LogP contribution is 2.31. The van der Waals surface area contributed by atoms with Crippen molar-refractivity contribution in [1.82, 2.24) is 0 Å². The first-order chi connectivity index (χ1) is 11.7. The predicted molar refractivity (Wildman–Crippen MR) is 97.1 cm³/mol. The van der Waals surface area contributed by atoms with Crippen molar-refractivity contribution >= 4 is 17.3 Å². The molecule has 1 amide bonds. The van der Waals surface area contributed by atoms with E-state index in [0.717, 1.165) is 5.56 Å². The van der Waals surface area contributed by atoms with Gasteiger partial charge in [-0.05, 0) is 30.0 Å². The zero-order valence-corrected chi connectivity index (χ0v) is 14.8. The number of nitro groups is 1. The van der Waals surface area contributed by atoms with Crippen molar-refractivity contribution in [3.63, 3.8) is 0 Å². The second kappa shape index (κ2) is 7.34. The Balaban J connectivity index is 2.08. The molecule has 1 N–H and O–H groups in total. The number of para-hydroxylation sites is 1. The summed E-state index contributed by atoms with van der Waals surface area (Å²) in [6.07, 6.45) is 0. The highest BCUT2D eigenvalue weighted by atomic mass is 16.6. The van der Waals surface area contributed by atoms with Gasteiger partial charge in [0.25, 0.3) is 11.6 Å². The third kappa shape index (κ3) is 4.56. The molecule has 0 atom stereocenters. The smallest absolute Gasteiger partial charge is 0.274 e. The summed E-state index contributed by atoms with van der Waals surface area (Å²) in [5.41, 5.74) is 1.69. The Labute approximate surface area is 147 Å². The van der Waals surface area contributed by atoms with Gasteiger partial charge in [0.15, 0.2) is 6.61 Å². The van der Waals surface area contributed by atoms with Gasteiger partial charge in [-0.2, -0.15) is 0 Å². The minimum absolute atomic E-state index is 0.0307. The van der Waals surface area contributed by atoms with Crippen LogP contribution in [0.2, 0.25) is 0 Å². The van der Waals surface area contributed by atoms with Crippen molar-refractivity contribution in [1.29, 1.82) is 0 Å². The third-order valence-electron chi connectivity index (χ3n) is 3.83. The van der Waals surface area contributed by atoms with Gasteiger partial charge in [-0.1, -0.05) is 45.0 Å². The van der Waals surface area contributed by atoms with Crippen molar-refractivity contribution in [3.05, 3.63) is 63.7 Å². The van der Waals surface area contributed by atoms with E-state index in [1.165, 1.54) is 12.1 Å². The minimum Gasteiger partial charge on any atom is -0.483 e. The lowest BCUT2D eigenvalue weighted by Gasteiger charge is -2.22. The highest BCUT2D eigenvalue weighted by Gasteiger charge is 2.19. The van der Waals surface area contributed by atoms with Crippen LogP contribution >= 0.6 is 0 Å². The summed E-state index contributed by atoms with van der Waals surface area (Å²) in [7, 11) is 0. The van der Waals surface area contributed by atoms with Crippen molar-refractivity contribution in [2.45, 2.75) is 33.1 Å². The van der Waals surface area contributed by atoms with Crippen molar-refractivity contribution in [2.24, 2.45) is 0 Å². The SMILES string of the molecule is Cc1c(NC(=O)COc2ccccc2C(C)(C)C)cccc1[N+](=O)[O-]. The number of hydrogen-bond acceptors (Lipinski definition) is 4. The predicted octanol–water partition coefficient (Wildman–Crippen LogP) is 4.22. The molecule has 0 saturated heterocycles. The topological polar surface area (TPSA) is 81.5 Å². The average molecular weight is 342 g/mol. The van der Waals surface area contributed by atoms with E-state index in [9.17, 15) is 14.9 Å². The van der Waals surface area contributed by atoms with Crippen LogP contribution in [-0.2, 0) is 10.2 Å². The van der Waals surface area contributed by atoms with Gasteiger partial charge >= 0.3 is 0 Å². The number of nitrogens with one attached hydrogen (secondary N) is 1. The summed E-state index contributed by atoms with van der Waals surface area (Å²) in [6, 6.07) is 12.2. The minimum atomic E-state index is -0.471. The fourth-order valence-corrected chi connectivity index (χ4v) is 2.50. The first kappa shape index (κ1) is 18.4. The molecular weight excluding hydrogens is 320 g/mol. The van der Waals surface area contributed by atoms with Crippen LogP contribution in [0.25, 0.3) is 0 Å². The van der Waals surface area contributed by atoms with Crippen LogP contribution in [0.3, 0.4) is 0 Å². The molecule has 132 valence electrons. The lowest BCUT2D eigenvalue weighted by Crippen LogP contribution is -2.22. The Bertz CT molecular complexity index is 794. The number of nitrogens with zero attached hydrogens (tertiary/aromatic N) is 1. The Hall–Kier alpha value is -2.89. The third-order valence-corrected chi connectivity index (χ3v) is 3.83. The van der Waals surface area contributed by atoms with Crippen LogP contribution in [0.5, 0.6) is 5.75 Å². The molecule has 0 aliphatic carbocycles. The Morgan fingerprint density at radius 3 is 2.48 bits per heavy atom. The molecule has 0 aromatic heterocycles. The van der Waals surface area contributed by atoms with Gasteiger partial charge in [0.2, 0.25) is 0 Å². The highest BCUT2D eigenvalue weighted by molar-refractivity contribution is 5.93. The number of nitro benzene ring substituents is 1. The van der Waals surface area contributed by atoms with E-state index >= 15 is 0 Å². The summed E-state index contributed by atoms with van der Waals surface area (Å²) in [5, 5.41) is 13.6. The second-order valence-corrected chi connectivity index (χ2v) is 6.79. The fraction of sp³-hybridized carbons (Fsp3) is 0.316. The molecule has 0 aliphatic heterocycles.